The second-order valence-electron chi connectivity index (χ2n) is 5.79. The number of aromatic nitrogens is 1. The summed E-state index contributed by atoms with van der Waals surface area (Å²) in [5.41, 5.74) is 0. The van der Waals surface area contributed by atoms with Gasteiger partial charge in [-0.25, -0.2) is 4.98 Å². The van der Waals surface area contributed by atoms with Gasteiger partial charge >= 0.3 is 0 Å². The summed E-state index contributed by atoms with van der Waals surface area (Å²) in [6.45, 7) is 3.33. The maximum atomic E-state index is 12.4. The van der Waals surface area contributed by atoms with E-state index in [1.54, 1.807) is 18.0 Å². The topological polar surface area (TPSA) is 45.2 Å². The van der Waals surface area contributed by atoms with Crippen LogP contribution in [-0.2, 0) is 0 Å². The van der Waals surface area contributed by atoms with Gasteiger partial charge in [0.2, 0.25) is 0 Å². The Kier molecular flexibility index (Phi) is 3.90. The van der Waals surface area contributed by atoms with Gasteiger partial charge in [0.15, 0.2) is 4.34 Å². The molecule has 0 saturated carbocycles. The van der Waals surface area contributed by atoms with Crippen LogP contribution < -0.4 is 5.32 Å². The Bertz CT molecular complexity index is 673. The molecule has 2 aromatic rings. The summed E-state index contributed by atoms with van der Waals surface area (Å²) in [5, 5.41) is 3.18. The van der Waals surface area contributed by atoms with Gasteiger partial charge in [-0.2, -0.15) is 0 Å². The number of carbonyl (C=O) groups excluding carboxylic acids is 1. The Labute approximate surface area is 137 Å². The molecular weight excluding hydrogens is 314 g/mol. The molecule has 2 fully saturated rings. The summed E-state index contributed by atoms with van der Waals surface area (Å²) in [4.78, 5) is 21.0. The number of fused-ring (bicyclic) bond motifs is 2. The fourth-order valence-electron chi connectivity index (χ4n) is 3.19. The number of hydrogen-bond acceptors (Lipinski definition) is 5. The number of piperidine rings is 1. The van der Waals surface area contributed by atoms with Crippen molar-refractivity contribution in [2.24, 2.45) is 5.92 Å². The van der Waals surface area contributed by atoms with Crippen LogP contribution in [0.5, 0.6) is 0 Å². The lowest BCUT2D eigenvalue weighted by molar-refractivity contribution is 0.0928. The molecule has 4 nitrogen and oxygen atoms in total. The molecular formula is C16H17N3OS2. The molecule has 2 bridgehead atoms. The van der Waals surface area contributed by atoms with E-state index in [0.717, 1.165) is 22.3 Å². The average molecular weight is 331 g/mol. The summed E-state index contributed by atoms with van der Waals surface area (Å²) >= 11 is 3.07. The monoisotopic (exact) mass is 331 g/mol. The van der Waals surface area contributed by atoms with Gasteiger partial charge in [-0.15, -0.1) is 11.3 Å². The predicted octanol–water partition coefficient (Wildman–Crippen LogP) is 2.73. The van der Waals surface area contributed by atoms with Crippen molar-refractivity contribution in [2.75, 3.05) is 19.6 Å². The fraction of sp³-hybridized carbons (Fsp3) is 0.375. The molecule has 3 heterocycles. The molecule has 1 aromatic carbocycles. The Balaban J connectivity index is 1.39. The zero-order valence-corrected chi connectivity index (χ0v) is 13.7. The summed E-state index contributed by atoms with van der Waals surface area (Å²) in [6.07, 6.45) is 2.90. The van der Waals surface area contributed by atoms with E-state index >= 15 is 0 Å². The van der Waals surface area contributed by atoms with E-state index in [0.29, 0.717) is 16.8 Å². The SMILES string of the molecule is O=C(NC1CN2CC[C@H]1C2)c1cnc(Sc2ccccc2)s1. The molecule has 114 valence electrons. The van der Waals surface area contributed by atoms with Crippen molar-refractivity contribution in [3.63, 3.8) is 0 Å². The van der Waals surface area contributed by atoms with Gasteiger partial charge in [-0.1, -0.05) is 30.0 Å². The molecule has 2 aliphatic heterocycles. The van der Waals surface area contributed by atoms with E-state index in [1.807, 2.05) is 18.2 Å². The van der Waals surface area contributed by atoms with E-state index in [4.69, 9.17) is 0 Å². The first-order valence-corrected chi connectivity index (χ1v) is 9.13. The second-order valence-corrected chi connectivity index (χ2v) is 8.15. The molecule has 3 atom stereocenters. The number of benzene rings is 1. The first kappa shape index (κ1) is 14.2. The van der Waals surface area contributed by atoms with Crippen LogP contribution in [0.1, 0.15) is 16.1 Å². The summed E-state index contributed by atoms with van der Waals surface area (Å²) < 4.78 is 0.910. The largest absolute Gasteiger partial charge is 0.347 e. The fourth-order valence-corrected chi connectivity index (χ4v) is 5.06. The molecule has 6 heteroatoms. The molecule has 2 aliphatic rings. The highest BCUT2D eigenvalue weighted by Crippen LogP contribution is 2.32. The smallest absolute Gasteiger partial charge is 0.263 e. The molecule has 1 aromatic heterocycles. The number of nitrogens with one attached hydrogen (secondary N) is 1. The van der Waals surface area contributed by atoms with Gasteiger partial charge in [0, 0.05) is 24.0 Å². The highest BCUT2D eigenvalue weighted by molar-refractivity contribution is 8.01. The van der Waals surface area contributed by atoms with Crippen LogP contribution in [0.3, 0.4) is 0 Å². The third-order valence-corrected chi connectivity index (χ3v) is 6.38. The quantitative estimate of drug-likeness (QED) is 0.936. The lowest BCUT2D eigenvalue weighted by Crippen LogP contribution is -2.42. The number of carbonyl (C=O) groups is 1. The van der Waals surface area contributed by atoms with E-state index < -0.39 is 0 Å². The Hall–Kier alpha value is -1.37. The lowest BCUT2D eigenvalue weighted by Gasteiger charge is -2.22. The van der Waals surface area contributed by atoms with Crippen molar-refractivity contribution in [3.05, 3.63) is 41.4 Å². The minimum absolute atomic E-state index is 0.0242. The van der Waals surface area contributed by atoms with Crippen LogP contribution in [0.4, 0.5) is 0 Å². The highest BCUT2D eigenvalue weighted by Gasteiger charge is 2.38. The van der Waals surface area contributed by atoms with Crippen LogP contribution in [0.15, 0.2) is 45.8 Å². The zero-order valence-electron chi connectivity index (χ0n) is 12.1. The van der Waals surface area contributed by atoms with Gasteiger partial charge in [-0.3, -0.25) is 4.79 Å². The van der Waals surface area contributed by atoms with Crippen LogP contribution in [-0.4, -0.2) is 41.5 Å². The van der Waals surface area contributed by atoms with Crippen molar-refractivity contribution >= 4 is 29.0 Å². The van der Waals surface area contributed by atoms with Crippen molar-refractivity contribution in [1.29, 1.82) is 0 Å². The first-order valence-electron chi connectivity index (χ1n) is 7.50. The number of rotatable bonds is 4. The molecule has 22 heavy (non-hydrogen) atoms. The predicted molar refractivity (Wildman–Crippen MR) is 88.5 cm³/mol. The number of nitrogens with zero attached hydrogens (tertiary/aromatic N) is 2. The number of hydrogen-bond donors (Lipinski definition) is 1. The van der Waals surface area contributed by atoms with Crippen LogP contribution in [0.25, 0.3) is 0 Å². The lowest BCUT2D eigenvalue weighted by atomic mass is 10.00. The van der Waals surface area contributed by atoms with E-state index in [1.165, 1.54) is 24.3 Å². The third-order valence-electron chi connectivity index (χ3n) is 4.31. The van der Waals surface area contributed by atoms with Crippen LogP contribution in [0.2, 0.25) is 0 Å². The van der Waals surface area contributed by atoms with E-state index in [9.17, 15) is 4.79 Å². The summed E-state index contributed by atoms with van der Waals surface area (Å²) in [6, 6.07) is 10.4. The Morgan fingerprint density at radius 3 is 2.91 bits per heavy atom. The van der Waals surface area contributed by atoms with Crippen molar-refractivity contribution in [2.45, 2.75) is 21.7 Å². The minimum atomic E-state index is 0.0242. The maximum Gasteiger partial charge on any atom is 0.263 e. The van der Waals surface area contributed by atoms with Crippen molar-refractivity contribution in [3.8, 4) is 0 Å². The van der Waals surface area contributed by atoms with Gasteiger partial charge in [0.1, 0.15) is 4.88 Å². The molecule has 1 amide bonds. The molecule has 0 aliphatic carbocycles. The molecule has 2 unspecified atom stereocenters. The standard InChI is InChI=1S/C16H17N3OS2/c20-15(18-13-10-19-7-6-11(13)9-19)14-8-17-16(22-14)21-12-4-2-1-3-5-12/h1-5,8,11,13H,6-7,9-10H2,(H,18,20)/t11-,13?/m0/s1. The maximum absolute atomic E-state index is 12.4. The molecule has 0 radical (unpaired) electrons. The summed E-state index contributed by atoms with van der Waals surface area (Å²) in [7, 11) is 0. The molecule has 2 saturated heterocycles. The third kappa shape index (κ3) is 2.91. The summed E-state index contributed by atoms with van der Waals surface area (Å²) in [5.74, 6) is 0.659. The van der Waals surface area contributed by atoms with Crippen LogP contribution in [0, 0.1) is 5.92 Å². The van der Waals surface area contributed by atoms with Crippen molar-refractivity contribution < 1.29 is 4.79 Å². The van der Waals surface area contributed by atoms with Gasteiger partial charge in [0.05, 0.1) is 6.20 Å². The Morgan fingerprint density at radius 2 is 2.18 bits per heavy atom. The number of thiazole rings is 1. The molecule has 1 N–H and O–H groups in total. The zero-order chi connectivity index (χ0) is 14.9. The van der Waals surface area contributed by atoms with E-state index in [2.05, 4.69) is 27.3 Å². The minimum Gasteiger partial charge on any atom is -0.347 e. The van der Waals surface area contributed by atoms with E-state index in [-0.39, 0.29) is 5.91 Å². The molecule has 4 rings (SSSR count). The Morgan fingerprint density at radius 1 is 1.32 bits per heavy atom. The highest BCUT2D eigenvalue weighted by atomic mass is 32.2. The first-order chi connectivity index (χ1) is 10.8. The second kappa shape index (κ2) is 6.02. The van der Waals surface area contributed by atoms with Gasteiger partial charge in [0.25, 0.3) is 5.91 Å². The normalized spacial score (nSPS) is 26.3. The van der Waals surface area contributed by atoms with Gasteiger partial charge in [-0.05, 0) is 31.0 Å². The average Bonchev–Trinajstić information content (AvgIpc) is 3.24. The van der Waals surface area contributed by atoms with Gasteiger partial charge < -0.3 is 10.2 Å². The van der Waals surface area contributed by atoms with Crippen molar-refractivity contribution in [1.82, 2.24) is 15.2 Å². The number of amides is 1. The van der Waals surface area contributed by atoms with Crippen LogP contribution >= 0.6 is 23.1 Å². The molecule has 0 spiro atoms.